The van der Waals surface area contributed by atoms with Crippen molar-refractivity contribution in [2.75, 3.05) is 53.8 Å². The molecule has 0 saturated carbocycles. The van der Waals surface area contributed by atoms with Crippen LogP contribution in [0.4, 0.5) is 28.9 Å². The largest absolute Gasteiger partial charge is 0.569 e. The molecule has 0 aliphatic carbocycles. The van der Waals surface area contributed by atoms with Crippen LogP contribution in [0.2, 0.25) is 0 Å². The number of aryl methyl sites for hydroxylation is 8. The minimum absolute atomic E-state index is 0.0580. The molecule has 4 heterocycles. The van der Waals surface area contributed by atoms with E-state index in [0.717, 1.165) is 79.1 Å². The Hall–Kier alpha value is -14.8. The summed E-state index contributed by atoms with van der Waals surface area (Å²) >= 11 is 0. The summed E-state index contributed by atoms with van der Waals surface area (Å²) in [6.07, 6.45) is 0.288. The molecular weight excluding hydrogens is 1940 g/mol. The first-order valence-electron chi connectivity index (χ1n) is 41.1. The lowest BCUT2D eigenvalue weighted by Crippen LogP contribution is -2.18. The van der Waals surface area contributed by atoms with Gasteiger partial charge < -0.3 is 26.9 Å². The average Bonchev–Trinajstić information content (AvgIpc) is 1.08. The van der Waals surface area contributed by atoms with Gasteiger partial charge in [-0.2, -0.15) is 43.7 Å². The maximum Gasteiger partial charge on any atom is 0.569 e. The molecule has 0 aliphatic rings. The van der Waals surface area contributed by atoms with E-state index < -0.39 is 77.7 Å². The first kappa shape index (κ1) is 111. The summed E-state index contributed by atoms with van der Waals surface area (Å²) < 4.78 is 208. The van der Waals surface area contributed by atoms with Crippen LogP contribution in [0.25, 0.3) is 45.6 Å². The third kappa shape index (κ3) is 32.7. The monoisotopic (exact) mass is 2030 g/mol. The second-order valence-corrected chi connectivity index (χ2v) is 40.0. The quantitative estimate of drug-likeness (QED) is 0.0128. The van der Waals surface area contributed by atoms with Crippen molar-refractivity contribution in [3.05, 3.63) is 316 Å². The van der Waals surface area contributed by atoms with Gasteiger partial charge in [-0.25, -0.2) is 83.2 Å². The van der Waals surface area contributed by atoms with Gasteiger partial charge in [-0.1, -0.05) is 146 Å². The number of nitrogen functional groups attached to an aromatic ring is 2. The number of sulfonamides is 6. The molecule has 0 atom stereocenters. The molecule has 0 fully saturated rings. The molecule has 0 bridgehead atoms. The molecule has 52 heteroatoms. The van der Waals surface area contributed by atoms with E-state index in [2.05, 4.69) is 135 Å². The number of tetrazole rings is 4. The van der Waals surface area contributed by atoms with Crippen LogP contribution in [0.15, 0.2) is 284 Å². The number of benzene rings is 11. The van der Waals surface area contributed by atoms with Gasteiger partial charge in [0.05, 0.1) is 66.2 Å². The Balaban J connectivity index is 0.000000199. The van der Waals surface area contributed by atoms with Crippen molar-refractivity contribution >= 4 is 79.2 Å². The number of alkyl halides is 3. The van der Waals surface area contributed by atoms with Crippen LogP contribution >= 0.6 is 0 Å². The zero-order valence-corrected chi connectivity index (χ0v) is 80.8. The second kappa shape index (κ2) is 52.1. The summed E-state index contributed by atoms with van der Waals surface area (Å²) in [6.45, 7) is 0.640. The molecule has 0 saturated heterocycles. The highest BCUT2D eigenvalue weighted by Crippen LogP contribution is 2.33. The predicted molar refractivity (Wildman–Crippen MR) is 512 cm³/mol. The predicted octanol–water partition coefficient (Wildman–Crippen LogP) is 7.47. The summed E-state index contributed by atoms with van der Waals surface area (Å²) in [6, 6.07) is 74.4. The van der Waals surface area contributed by atoms with E-state index >= 15 is 0 Å². The second-order valence-electron chi connectivity index (χ2n) is 28.6. The molecule has 733 valence electrons. The molecule has 0 spiro atoms. The molecule has 0 aliphatic heterocycles. The van der Waals surface area contributed by atoms with Gasteiger partial charge in [-0.05, 0) is 250 Å². The molecule has 1 radical (unpaired) electrons. The molecule has 15 aromatic rings. The van der Waals surface area contributed by atoms with Gasteiger partial charge in [0.1, 0.15) is 17.6 Å². The fourth-order valence-corrected chi connectivity index (χ4v) is 16.7. The summed E-state index contributed by atoms with van der Waals surface area (Å²) in [5, 5.41) is 76.6. The third-order valence-electron chi connectivity index (χ3n) is 19.6. The Bertz CT molecular complexity index is 7420. The maximum absolute atomic E-state index is 12.8. The maximum atomic E-state index is 12.8. The van der Waals surface area contributed by atoms with Gasteiger partial charge in [0.2, 0.25) is 83.4 Å². The van der Waals surface area contributed by atoms with Crippen molar-refractivity contribution < 1.29 is 77.7 Å². The zero-order valence-electron chi connectivity index (χ0n) is 75.9. The lowest BCUT2D eigenvalue weighted by atomic mass is 9.99. The molecule has 15 N–H and O–H groups in total. The topological polar surface area (TPSA) is 628 Å². The molecular formula is C88H95BF4N27O14S6. The van der Waals surface area contributed by atoms with Crippen LogP contribution < -0.4 is 50.2 Å². The molecule has 41 nitrogen and oxygen atoms in total. The first-order chi connectivity index (χ1) is 66.6. The van der Waals surface area contributed by atoms with Crippen molar-refractivity contribution in [3.63, 3.8) is 0 Å². The number of hydrogen-bond acceptors (Lipinski definition) is 31. The third-order valence-corrected chi connectivity index (χ3v) is 28.1. The van der Waals surface area contributed by atoms with E-state index in [1.165, 1.54) is 135 Å². The van der Waals surface area contributed by atoms with Crippen molar-refractivity contribution in [2.24, 2.45) is 19.8 Å². The Morgan fingerprint density at radius 3 is 1.05 bits per heavy atom. The Kier molecular flexibility index (Phi) is 41.2. The number of halogens is 4. The van der Waals surface area contributed by atoms with Crippen LogP contribution in [0, 0.1) is 28.5 Å². The standard InChI is InChI=1S/C17H19N5O2S.C16H17N5O2S.C16H16N2O2S.C9H12N6O2S.C8H7FN2O2S.C8H10N6O2S.C7H5BF3O2.C7H9N/c1-18-25(23,24)15-11-10-14(9-8-13-6-4-3-5-7-13)16(12-15)17-19-21-22(2)20-17;1-17-24(22,23)14-10-9-13(8-7-12-5-3-2-4-6-12)15(11-14)16-18-20-21-19-16;1-18-21(19,20)16-10-9-14(15(11-16)12-17)8-7-13-5-3-2-4-6-13;1-11-18(16,17)6-3-4-8(10)7(5-6)9-12-14-15(2)13-9;1-11-14(12,13)7-2-3-8(9)6(4-7)5-10;1-10-17(15,16)5-2-3-7(9)6(4-5)8-11-13-14-12-8;9-7(10,11)5-2-1-3-6(4-5)13-8-12;8-6-7-4-2-1-3-5-7/h3-7,10-12,18H,8-9H2,1-2H3;2-6,9-11,17H,7-8H2,1H3,(H,18,19,20,21);2-6,9-11,18H,7-8H2,1H3;3-5,11H,10H2,1-2H3;2-4,11H,1H3;2-4,10H,9H2,1H3,(H,11,12,13,14);1-4,12H;1-5H,6,8H2. The highest BCUT2D eigenvalue weighted by atomic mass is 32.2. The van der Waals surface area contributed by atoms with Crippen molar-refractivity contribution in [2.45, 2.75) is 80.6 Å². The van der Waals surface area contributed by atoms with E-state index in [0.29, 0.717) is 71.5 Å². The summed E-state index contributed by atoms with van der Waals surface area (Å²) in [7, 11) is -9.60. The highest BCUT2D eigenvalue weighted by Gasteiger charge is 2.31. The van der Waals surface area contributed by atoms with Gasteiger partial charge in [-0.3, -0.25) is 0 Å². The first-order valence-corrected chi connectivity index (χ1v) is 50.0. The molecule has 0 unspecified atom stereocenters. The normalized spacial score (nSPS) is 11.3. The van der Waals surface area contributed by atoms with Crippen molar-refractivity contribution in [1.82, 2.24) is 110 Å². The molecule has 140 heavy (non-hydrogen) atoms. The van der Waals surface area contributed by atoms with Crippen molar-refractivity contribution in [1.29, 1.82) is 10.5 Å². The van der Waals surface area contributed by atoms with Gasteiger partial charge in [0, 0.05) is 40.2 Å². The van der Waals surface area contributed by atoms with Crippen LogP contribution in [0.5, 0.6) is 5.75 Å². The Morgan fingerprint density at radius 1 is 0.393 bits per heavy atom. The lowest BCUT2D eigenvalue weighted by Gasteiger charge is -2.10. The number of nitrogens with zero attached hydrogens (tertiary/aromatic N) is 16. The number of nitriles is 2. The number of nitrogens with two attached hydrogens (primary N) is 3. The number of H-pyrrole nitrogens is 2. The van der Waals surface area contributed by atoms with Gasteiger partial charge in [0.25, 0.3) is 0 Å². The molecule has 4 aromatic heterocycles. The van der Waals surface area contributed by atoms with E-state index in [9.17, 15) is 73.3 Å². The number of hydrogen-bond donors (Lipinski definition) is 12. The van der Waals surface area contributed by atoms with Gasteiger partial charge in [-0.15, -0.1) is 40.8 Å². The van der Waals surface area contributed by atoms with Gasteiger partial charge >= 0.3 is 13.9 Å². The fourth-order valence-electron chi connectivity index (χ4n) is 12.1. The summed E-state index contributed by atoms with van der Waals surface area (Å²) in [5.74, 6) is 0.531. The van der Waals surface area contributed by atoms with E-state index in [4.69, 9.17) is 27.5 Å². The minimum atomic E-state index is -4.39. The average molecular weight is 2030 g/mol. The number of nitrogens with one attached hydrogen (secondary N) is 8. The molecule has 15 rings (SSSR count). The minimum Gasteiger partial charge on any atom is -0.537 e. The Labute approximate surface area is 806 Å². The lowest BCUT2D eigenvalue weighted by molar-refractivity contribution is -0.137. The highest BCUT2D eigenvalue weighted by molar-refractivity contribution is 7.90. The van der Waals surface area contributed by atoms with Crippen LogP contribution in [-0.4, -0.2) is 187 Å². The van der Waals surface area contributed by atoms with Crippen LogP contribution in [0.1, 0.15) is 55.6 Å². The van der Waals surface area contributed by atoms with Crippen molar-refractivity contribution in [3.8, 4) is 63.4 Å². The number of rotatable bonds is 28. The van der Waals surface area contributed by atoms with Crippen LogP contribution in [-0.2, 0) is 125 Å². The molecule has 11 aromatic carbocycles. The SMILES string of the molecule is CNS(=O)(=O)c1ccc(CCc2ccccc2)c(-c2nn[nH]n2)c1.CNS(=O)(=O)c1ccc(CCc2ccccc2)c(-c2nnn(C)n2)c1.CNS(=O)(=O)c1ccc(CCc2ccccc2)c(C#N)c1.CNS(=O)(=O)c1ccc(F)c(C#N)c1.CNS(=O)(=O)c1ccc(N)c(-c2nn[nH]n2)c1.CNS(=O)(=O)c1ccc(N)c(-c2nnn(C)n2)c1.NCc1ccccc1.O[B]Oc1cccc(C(F)(F)F)c1. The molecule has 0 amide bonds. The van der Waals surface area contributed by atoms with Crippen LogP contribution in [0.3, 0.4) is 0 Å². The Morgan fingerprint density at radius 2 is 0.714 bits per heavy atom. The summed E-state index contributed by atoms with van der Waals surface area (Å²) in [4.78, 5) is 3.16. The van der Waals surface area contributed by atoms with E-state index in [1.54, 1.807) is 56.6 Å². The number of aromatic nitrogens is 16. The smallest absolute Gasteiger partial charge is 0.537 e. The van der Waals surface area contributed by atoms with Gasteiger partial charge in [0.15, 0.2) is 0 Å². The fraction of sp³-hybridized carbons (Fsp3) is 0.182. The van der Waals surface area contributed by atoms with E-state index in [-0.39, 0.29) is 52.3 Å². The van der Waals surface area contributed by atoms with E-state index in [1.807, 2.05) is 103 Å². The number of aromatic amines is 2. The number of anilines is 2. The summed E-state index contributed by atoms with van der Waals surface area (Å²) in [5.41, 5.74) is 26.7. The zero-order chi connectivity index (χ0) is 102.